The van der Waals surface area contributed by atoms with Crippen molar-refractivity contribution in [3.05, 3.63) is 0 Å². The molecule has 0 saturated carbocycles. The van der Waals surface area contributed by atoms with E-state index in [4.69, 9.17) is 66.4 Å². The van der Waals surface area contributed by atoms with Gasteiger partial charge < -0.3 is 66.4 Å². The first kappa shape index (κ1) is 48.3. The summed E-state index contributed by atoms with van der Waals surface area (Å²) in [6.45, 7) is 0.390. The van der Waals surface area contributed by atoms with Gasteiger partial charge >= 0.3 is 47.8 Å². The molecule has 0 radical (unpaired) electrons. The van der Waals surface area contributed by atoms with Crippen LogP contribution in [0.5, 0.6) is 0 Å². The summed E-state index contributed by atoms with van der Waals surface area (Å²) in [7, 11) is 0. The van der Waals surface area contributed by atoms with E-state index >= 15 is 0 Å². The van der Waals surface area contributed by atoms with E-state index in [1.807, 2.05) is 0 Å². The van der Waals surface area contributed by atoms with E-state index in [9.17, 15) is 38.4 Å². The van der Waals surface area contributed by atoms with Crippen LogP contribution in [0.2, 0.25) is 0 Å². The largest absolute Gasteiger partial charge is 0.481 e. The van der Waals surface area contributed by atoms with Crippen LogP contribution in [0.15, 0.2) is 0 Å². The maximum absolute atomic E-state index is 9.90. The molecule has 21 heteroatoms. The van der Waals surface area contributed by atoms with Crippen LogP contribution in [0.1, 0.15) is 57.8 Å². The van der Waals surface area contributed by atoms with Crippen molar-refractivity contribution in [3.8, 4) is 0 Å². The van der Waals surface area contributed by atoms with Gasteiger partial charge in [0.2, 0.25) is 0 Å². The molecule has 0 bridgehead atoms. The van der Waals surface area contributed by atoms with Crippen LogP contribution in [0.3, 0.4) is 0 Å². The Balaban J connectivity index is -0.000000141. The molecule has 0 aromatic carbocycles. The average molecular weight is 639 g/mol. The number of aliphatic carboxylic acids is 8. The molecule has 3 atom stereocenters. The highest BCUT2D eigenvalue weighted by Gasteiger charge is 2.29. The lowest BCUT2D eigenvalue weighted by atomic mass is 10.2. The van der Waals surface area contributed by atoms with Crippen molar-refractivity contribution in [1.29, 1.82) is 0 Å². The van der Waals surface area contributed by atoms with Crippen LogP contribution in [0.25, 0.3) is 0 Å². The Labute approximate surface area is 242 Å². The number of rotatable bonds is 17. The third-order valence-electron chi connectivity index (χ3n) is 3.61. The van der Waals surface area contributed by atoms with E-state index in [0.717, 1.165) is 12.8 Å². The van der Waals surface area contributed by atoms with Crippen LogP contribution in [-0.2, 0) is 38.4 Å². The van der Waals surface area contributed by atoms with Gasteiger partial charge in [0.1, 0.15) is 0 Å². The zero-order valence-electron chi connectivity index (χ0n) is 22.6. The third kappa shape index (κ3) is 50.9. The van der Waals surface area contributed by atoms with Crippen molar-refractivity contribution in [3.63, 3.8) is 0 Å². The summed E-state index contributed by atoms with van der Waals surface area (Å²) in [5.74, 6) is -10.3. The van der Waals surface area contributed by atoms with Gasteiger partial charge in [-0.25, -0.2) is 14.4 Å². The smallest absolute Gasteiger partial charge is 0.335 e. The summed E-state index contributed by atoms with van der Waals surface area (Å²) in [4.78, 5) is 78.0. The molecule has 3 unspecified atom stereocenters. The molecule has 0 aliphatic carbocycles. The number of carboxylic acids is 8. The Morgan fingerprint density at radius 1 is 0.395 bits per heavy atom. The van der Waals surface area contributed by atoms with E-state index in [-0.39, 0.29) is 38.9 Å². The van der Waals surface area contributed by atoms with Gasteiger partial charge in [-0.15, -0.1) is 0 Å². The Bertz CT molecular complexity index is 787. The molecule has 0 aliphatic heterocycles. The molecule has 252 valence electrons. The van der Waals surface area contributed by atoms with Crippen LogP contribution in [-0.4, -0.2) is 146 Å². The molecule has 0 aromatic heterocycles. The van der Waals surface area contributed by atoms with Gasteiger partial charge in [-0.3, -0.25) is 24.0 Å². The lowest BCUT2D eigenvalue weighted by molar-refractivity contribution is -0.165. The van der Waals surface area contributed by atoms with Crippen molar-refractivity contribution in [2.24, 2.45) is 0 Å². The minimum atomic E-state index is -2.27. The molecular weight excluding hydrogens is 600 g/mol. The van der Waals surface area contributed by atoms with Crippen LogP contribution < -0.4 is 0 Å². The van der Waals surface area contributed by atoms with Crippen molar-refractivity contribution >= 4 is 47.8 Å². The normalized spacial score (nSPS) is 11.3. The molecule has 43 heavy (non-hydrogen) atoms. The molecule has 0 aliphatic rings. The van der Waals surface area contributed by atoms with Crippen molar-refractivity contribution in [2.75, 3.05) is 13.2 Å². The molecule has 0 aromatic rings. The first-order valence-corrected chi connectivity index (χ1v) is 11.7. The number of carbonyl (C=O) groups is 8. The molecule has 0 amide bonds. The first-order chi connectivity index (χ1) is 19.7. The summed E-state index contributed by atoms with van der Waals surface area (Å²) in [6, 6.07) is 0. The minimum absolute atomic E-state index is 0.0628. The number of hydrogen-bond donors (Lipinski definition) is 13. The molecule has 0 heterocycles. The van der Waals surface area contributed by atoms with Crippen LogP contribution >= 0.6 is 0 Å². The number of aliphatic hydroxyl groups is 5. The Morgan fingerprint density at radius 3 is 0.814 bits per heavy atom. The highest BCUT2D eigenvalue weighted by Crippen LogP contribution is 1.98. The average Bonchev–Trinajstić information content (AvgIpc) is 2.88. The third-order valence-corrected chi connectivity index (χ3v) is 3.61. The number of carboxylic acid groups (broad SMARTS) is 8. The van der Waals surface area contributed by atoms with Crippen LogP contribution in [0, 0.1) is 0 Å². The van der Waals surface area contributed by atoms with Gasteiger partial charge in [0.05, 0.1) is 19.3 Å². The molecule has 0 saturated heterocycles. The second kappa shape index (κ2) is 32.1. The summed E-state index contributed by atoms with van der Waals surface area (Å²) >= 11 is 0. The lowest BCUT2D eigenvalue weighted by Crippen LogP contribution is -2.39. The predicted molar refractivity (Wildman–Crippen MR) is 135 cm³/mol. The Kier molecular flexibility index (Phi) is 36.0. The van der Waals surface area contributed by atoms with E-state index in [0.29, 0.717) is 12.8 Å². The summed E-state index contributed by atoms with van der Waals surface area (Å²) in [5, 5.41) is 105. The predicted octanol–water partition coefficient (Wildman–Crippen LogP) is -2.81. The van der Waals surface area contributed by atoms with E-state index < -0.39 is 72.5 Å². The maximum atomic E-state index is 9.90. The van der Waals surface area contributed by atoms with Gasteiger partial charge in [0.25, 0.3) is 0 Å². The maximum Gasteiger partial charge on any atom is 0.335 e. The monoisotopic (exact) mass is 638 g/mol. The van der Waals surface area contributed by atoms with Gasteiger partial charge in [-0.05, 0) is 25.7 Å². The lowest BCUT2D eigenvalue weighted by Gasteiger charge is -2.07. The SMILES string of the molecule is O=C(O)C(O)C(O)C(=O)O.O=C(O)CC(O)C(=O)O.O=C(O)CCC(=O)O.O=C(O)CCCCC(=O)O.OCCCCO. The van der Waals surface area contributed by atoms with Crippen LogP contribution in [0.4, 0.5) is 0 Å². The number of aliphatic hydroxyl groups excluding tert-OH is 5. The quantitative estimate of drug-likeness (QED) is 0.0714. The Hall–Kier alpha value is -4.44. The minimum Gasteiger partial charge on any atom is -0.481 e. The fourth-order valence-corrected chi connectivity index (χ4v) is 1.51. The highest BCUT2D eigenvalue weighted by molar-refractivity contribution is 5.83. The van der Waals surface area contributed by atoms with E-state index in [1.165, 1.54) is 0 Å². The van der Waals surface area contributed by atoms with Crippen molar-refractivity contribution in [2.45, 2.75) is 76.1 Å². The molecule has 0 spiro atoms. The summed E-state index contributed by atoms with van der Waals surface area (Å²) in [6.07, 6.45) is -5.21. The summed E-state index contributed by atoms with van der Waals surface area (Å²) in [5.41, 5.74) is 0. The van der Waals surface area contributed by atoms with Gasteiger partial charge in [-0.1, -0.05) is 0 Å². The molecular formula is C22H38O21. The zero-order chi connectivity index (χ0) is 35.1. The van der Waals surface area contributed by atoms with Gasteiger partial charge in [0, 0.05) is 26.1 Å². The van der Waals surface area contributed by atoms with Crippen molar-refractivity contribution < 1.29 is 105 Å². The van der Waals surface area contributed by atoms with Gasteiger partial charge in [0.15, 0.2) is 18.3 Å². The van der Waals surface area contributed by atoms with E-state index in [2.05, 4.69) is 0 Å². The van der Waals surface area contributed by atoms with Gasteiger partial charge in [-0.2, -0.15) is 0 Å². The summed E-state index contributed by atoms with van der Waals surface area (Å²) < 4.78 is 0. The highest BCUT2D eigenvalue weighted by atomic mass is 16.4. The van der Waals surface area contributed by atoms with E-state index in [1.54, 1.807) is 0 Å². The standard InChI is InChI=1S/C6H10O4.C4H6O6.C4H6O5.C4H6O4.C4H10O2/c7-5(8)3-1-2-4-6(9)10;5-1(3(7)8)2(6)4(9)10;5-2(4(8)9)1-3(6)7;5-3(6)1-2-4(7)8;5-3-1-2-4-6/h1-4H2,(H,7,8)(H,9,10);1-2,5-6H,(H,7,8)(H,9,10);2,5H,1H2,(H,6,7)(H,8,9);1-2H2,(H,5,6)(H,7,8);5-6H,1-4H2. The number of hydrogen-bond acceptors (Lipinski definition) is 13. The zero-order valence-corrected chi connectivity index (χ0v) is 22.6. The second-order valence-electron chi connectivity index (χ2n) is 7.45. The topological polar surface area (TPSA) is 400 Å². The molecule has 21 nitrogen and oxygen atoms in total. The Morgan fingerprint density at radius 2 is 0.674 bits per heavy atom. The number of unbranched alkanes of at least 4 members (excludes halogenated alkanes) is 2. The molecule has 0 fully saturated rings. The second-order valence-corrected chi connectivity index (χ2v) is 7.45. The first-order valence-electron chi connectivity index (χ1n) is 11.7. The molecule has 13 N–H and O–H groups in total. The fourth-order valence-electron chi connectivity index (χ4n) is 1.51. The molecule has 0 rings (SSSR count). The van der Waals surface area contributed by atoms with Crippen molar-refractivity contribution in [1.82, 2.24) is 0 Å². The fraction of sp³-hybridized carbons (Fsp3) is 0.636.